The average molecular weight is 568 g/mol. The van der Waals surface area contributed by atoms with Crippen molar-refractivity contribution >= 4 is 35.0 Å². The van der Waals surface area contributed by atoms with Crippen LogP contribution in [0.15, 0.2) is 36.4 Å². The summed E-state index contributed by atoms with van der Waals surface area (Å²) in [6.45, 7) is 5.60. The minimum atomic E-state index is -4.23. The molecule has 1 saturated carbocycles. The van der Waals surface area contributed by atoms with Crippen molar-refractivity contribution in [1.82, 2.24) is 10.6 Å². The highest BCUT2D eigenvalue weighted by molar-refractivity contribution is 6.34. The molecule has 1 fully saturated rings. The third-order valence-electron chi connectivity index (χ3n) is 6.64. The Balaban J connectivity index is 1.70. The van der Waals surface area contributed by atoms with Gasteiger partial charge in [0.05, 0.1) is 29.2 Å². The van der Waals surface area contributed by atoms with Crippen LogP contribution in [0.25, 0.3) is 0 Å². The predicted molar refractivity (Wildman–Crippen MR) is 143 cm³/mol. The van der Waals surface area contributed by atoms with Crippen molar-refractivity contribution in [3.05, 3.63) is 58.1 Å². The molecule has 0 spiro atoms. The SMILES string of the molecule is COc1ccc(NC(=O)c2cc(CNC(=O)C(C)(C)C)ccc2Cl)cc1C(=O)N[C@H]1CC[C@H](C(F)(F)F)CC1. The normalized spacial score (nSPS) is 17.7. The number of rotatable bonds is 7. The van der Waals surface area contributed by atoms with E-state index in [4.69, 9.17) is 16.3 Å². The monoisotopic (exact) mass is 567 g/mol. The summed E-state index contributed by atoms with van der Waals surface area (Å²) in [4.78, 5) is 38.2. The van der Waals surface area contributed by atoms with Gasteiger partial charge in [-0.15, -0.1) is 0 Å². The molecule has 39 heavy (non-hydrogen) atoms. The largest absolute Gasteiger partial charge is 0.496 e. The Bertz CT molecular complexity index is 1220. The molecule has 0 radical (unpaired) electrons. The lowest BCUT2D eigenvalue weighted by Gasteiger charge is -2.30. The van der Waals surface area contributed by atoms with Crippen molar-refractivity contribution in [3.63, 3.8) is 0 Å². The number of ether oxygens (including phenoxy) is 1. The zero-order valence-electron chi connectivity index (χ0n) is 22.3. The van der Waals surface area contributed by atoms with Gasteiger partial charge in [-0.1, -0.05) is 38.4 Å². The van der Waals surface area contributed by atoms with Crippen LogP contribution in [0, 0.1) is 11.3 Å². The number of carbonyl (C=O) groups is 3. The van der Waals surface area contributed by atoms with Gasteiger partial charge in [0.25, 0.3) is 11.8 Å². The Kier molecular flexibility index (Phi) is 9.53. The molecule has 3 amide bonds. The highest BCUT2D eigenvalue weighted by atomic mass is 35.5. The molecule has 2 aromatic rings. The number of anilines is 1. The second-order valence-electron chi connectivity index (χ2n) is 10.7. The maximum absolute atomic E-state index is 13.0. The van der Waals surface area contributed by atoms with Gasteiger partial charge in [0.2, 0.25) is 5.91 Å². The topological polar surface area (TPSA) is 96.5 Å². The molecular weight excluding hydrogens is 535 g/mol. The fraction of sp³-hybridized carbons (Fsp3) is 0.464. The zero-order valence-corrected chi connectivity index (χ0v) is 23.1. The molecule has 3 rings (SSSR count). The first-order valence-corrected chi connectivity index (χ1v) is 13.0. The van der Waals surface area contributed by atoms with Crippen LogP contribution >= 0.6 is 11.6 Å². The average Bonchev–Trinajstić information content (AvgIpc) is 2.87. The van der Waals surface area contributed by atoms with E-state index in [0.717, 1.165) is 0 Å². The molecule has 3 N–H and O–H groups in total. The van der Waals surface area contributed by atoms with Crippen LogP contribution < -0.4 is 20.7 Å². The number of hydrogen-bond acceptors (Lipinski definition) is 4. The van der Waals surface area contributed by atoms with Crippen LogP contribution in [-0.4, -0.2) is 37.0 Å². The third kappa shape index (κ3) is 8.11. The molecule has 1 aliphatic carbocycles. The van der Waals surface area contributed by atoms with Gasteiger partial charge in [-0.2, -0.15) is 13.2 Å². The number of carbonyl (C=O) groups excluding carboxylic acids is 3. The Labute approximate surface area is 230 Å². The second-order valence-corrected chi connectivity index (χ2v) is 11.1. The molecule has 1 aliphatic rings. The minimum absolute atomic E-state index is 0.0403. The van der Waals surface area contributed by atoms with Crippen molar-refractivity contribution in [2.75, 3.05) is 12.4 Å². The Hall–Kier alpha value is -3.27. The lowest BCUT2D eigenvalue weighted by atomic mass is 9.85. The molecule has 11 heteroatoms. The molecule has 0 aromatic heterocycles. The van der Waals surface area contributed by atoms with Gasteiger partial charge in [0, 0.05) is 23.7 Å². The Morgan fingerprint density at radius 1 is 0.949 bits per heavy atom. The molecule has 2 aromatic carbocycles. The van der Waals surface area contributed by atoms with Crippen molar-refractivity contribution in [2.45, 2.75) is 65.2 Å². The van der Waals surface area contributed by atoms with Crippen molar-refractivity contribution < 1.29 is 32.3 Å². The standard InChI is InChI=1S/C28H33ClF3N3O4/c1-27(2,3)26(38)33-15-16-5-11-22(29)20(13-16)24(36)35-19-10-12-23(39-4)21(14-19)25(37)34-18-8-6-17(7-9-18)28(30,31)32/h5,10-14,17-18H,6-9,15H2,1-4H3,(H,33,38)(H,34,37)(H,35,36)/t17-,18-. The maximum atomic E-state index is 13.0. The second kappa shape index (κ2) is 12.3. The predicted octanol–water partition coefficient (Wildman–Crippen LogP) is 6.11. The molecule has 0 bridgehead atoms. The first-order chi connectivity index (χ1) is 18.2. The van der Waals surface area contributed by atoms with Crippen LogP contribution in [0.3, 0.4) is 0 Å². The summed E-state index contributed by atoms with van der Waals surface area (Å²) in [5.74, 6) is -2.26. The summed E-state index contributed by atoms with van der Waals surface area (Å²) in [6.07, 6.45) is -3.87. The van der Waals surface area contributed by atoms with E-state index in [2.05, 4.69) is 16.0 Å². The minimum Gasteiger partial charge on any atom is -0.496 e. The van der Waals surface area contributed by atoms with Crippen LogP contribution in [0.4, 0.5) is 18.9 Å². The number of methoxy groups -OCH3 is 1. The smallest absolute Gasteiger partial charge is 0.391 e. The van der Waals surface area contributed by atoms with Gasteiger partial charge >= 0.3 is 6.18 Å². The van der Waals surface area contributed by atoms with E-state index in [9.17, 15) is 27.6 Å². The quantitative estimate of drug-likeness (QED) is 0.376. The number of hydrogen-bond donors (Lipinski definition) is 3. The fourth-order valence-electron chi connectivity index (χ4n) is 4.29. The molecule has 0 aliphatic heterocycles. The van der Waals surface area contributed by atoms with E-state index in [1.54, 1.807) is 45.0 Å². The first kappa shape index (κ1) is 30.3. The van der Waals surface area contributed by atoms with Gasteiger partial charge in [-0.3, -0.25) is 14.4 Å². The molecular formula is C28H33ClF3N3O4. The summed E-state index contributed by atoms with van der Waals surface area (Å²) in [5.41, 5.74) is 0.736. The summed E-state index contributed by atoms with van der Waals surface area (Å²) in [7, 11) is 1.39. The van der Waals surface area contributed by atoms with Gasteiger partial charge in [-0.05, 0) is 61.6 Å². The summed E-state index contributed by atoms with van der Waals surface area (Å²) in [6, 6.07) is 8.98. The van der Waals surface area contributed by atoms with E-state index in [1.165, 1.54) is 19.2 Å². The summed E-state index contributed by atoms with van der Waals surface area (Å²) in [5, 5.41) is 8.54. The lowest BCUT2D eigenvalue weighted by Crippen LogP contribution is -2.40. The molecule has 0 saturated heterocycles. The van der Waals surface area contributed by atoms with Gasteiger partial charge in [-0.25, -0.2) is 0 Å². The molecule has 0 atom stereocenters. The first-order valence-electron chi connectivity index (χ1n) is 12.6. The Morgan fingerprint density at radius 3 is 2.21 bits per heavy atom. The summed E-state index contributed by atoms with van der Waals surface area (Å²) >= 11 is 6.27. The van der Waals surface area contributed by atoms with Gasteiger partial charge in [0.1, 0.15) is 5.75 Å². The number of benzene rings is 2. The highest BCUT2D eigenvalue weighted by Gasteiger charge is 2.41. The lowest BCUT2D eigenvalue weighted by molar-refractivity contribution is -0.182. The van der Waals surface area contributed by atoms with Crippen LogP contribution in [0.2, 0.25) is 5.02 Å². The number of amides is 3. The van der Waals surface area contributed by atoms with Crippen molar-refractivity contribution in [3.8, 4) is 5.75 Å². The molecule has 7 nitrogen and oxygen atoms in total. The molecule has 212 valence electrons. The molecule has 0 unspecified atom stereocenters. The number of nitrogens with one attached hydrogen (secondary N) is 3. The number of halogens is 4. The van der Waals surface area contributed by atoms with Crippen LogP contribution in [0.1, 0.15) is 72.7 Å². The highest BCUT2D eigenvalue weighted by Crippen LogP contribution is 2.37. The molecule has 0 heterocycles. The summed E-state index contributed by atoms with van der Waals surface area (Å²) < 4.78 is 44.2. The van der Waals surface area contributed by atoms with Gasteiger partial charge in [0.15, 0.2) is 0 Å². The Morgan fingerprint density at radius 2 is 1.62 bits per heavy atom. The van der Waals surface area contributed by atoms with E-state index in [-0.39, 0.29) is 66.1 Å². The van der Waals surface area contributed by atoms with Crippen molar-refractivity contribution in [1.29, 1.82) is 0 Å². The van der Waals surface area contributed by atoms with E-state index < -0.39 is 29.3 Å². The van der Waals surface area contributed by atoms with E-state index >= 15 is 0 Å². The third-order valence-corrected chi connectivity index (χ3v) is 6.97. The maximum Gasteiger partial charge on any atom is 0.391 e. The van der Waals surface area contributed by atoms with Gasteiger partial charge < -0.3 is 20.7 Å². The van der Waals surface area contributed by atoms with Crippen LogP contribution in [0.5, 0.6) is 5.75 Å². The van der Waals surface area contributed by atoms with E-state index in [0.29, 0.717) is 11.3 Å². The van der Waals surface area contributed by atoms with Crippen molar-refractivity contribution in [2.24, 2.45) is 11.3 Å². The van der Waals surface area contributed by atoms with E-state index in [1.807, 2.05) is 0 Å². The van der Waals surface area contributed by atoms with Crippen LogP contribution in [-0.2, 0) is 11.3 Å². The fourth-order valence-corrected chi connectivity index (χ4v) is 4.50. The number of alkyl halides is 3. The zero-order chi connectivity index (χ0) is 29.0.